The summed E-state index contributed by atoms with van der Waals surface area (Å²) < 4.78 is 1.78. The quantitative estimate of drug-likeness (QED) is 0.808. The van der Waals surface area contributed by atoms with E-state index in [-0.39, 0.29) is 17.7 Å². The first-order valence-corrected chi connectivity index (χ1v) is 9.71. The molecule has 0 radical (unpaired) electrons. The standard InChI is InChI=1S/C20H25ClN4O2/c1-4-18-17(13-22-25(18)16-7-5-6-15(21)12-16)20(27)24-10-8-23(9-11-24)19(26)14(2)3/h5-7,12-14H,4,8-11H2,1-3H3. The molecule has 1 aromatic carbocycles. The van der Waals surface area contributed by atoms with Gasteiger partial charge in [-0.3, -0.25) is 9.59 Å². The molecule has 0 saturated carbocycles. The SMILES string of the molecule is CCc1c(C(=O)N2CCN(C(=O)C(C)C)CC2)cnn1-c1cccc(Cl)c1. The van der Waals surface area contributed by atoms with E-state index in [1.807, 2.05) is 54.8 Å². The van der Waals surface area contributed by atoms with Crippen molar-refractivity contribution in [3.05, 3.63) is 46.7 Å². The normalized spacial score (nSPS) is 14.7. The number of carbonyl (C=O) groups is 2. The van der Waals surface area contributed by atoms with Gasteiger partial charge in [0, 0.05) is 37.1 Å². The second-order valence-electron chi connectivity index (χ2n) is 7.02. The van der Waals surface area contributed by atoms with Gasteiger partial charge in [0.25, 0.3) is 5.91 Å². The van der Waals surface area contributed by atoms with Crippen molar-refractivity contribution < 1.29 is 9.59 Å². The van der Waals surface area contributed by atoms with Gasteiger partial charge in [0.05, 0.1) is 23.1 Å². The van der Waals surface area contributed by atoms with Gasteiger partial charge in [0.2, 0.25) is 5.91 Å². The fourth-order valence-electron chi connectivity index (χ4n) is 3.39. The number of nitrogens with zero attached hydrogens (tertiary/aromatic N) is 4. The largest absolute Gasteiger partial charge is 0.339 e. The molecule has 2 aromatic rings. The van der Waals surface area contributed by atoms with E-state index in [0.717, 1.165) is 11.4 Å². The number of piperazine rings is 1. The van der Waals surface area contributed by atoms with E-state index in [2.05, 4.69) is 5.10 Å². The van der Waals surface area contributed by atoms with Gasteiger partial charge in [-0.2, -0.15) is 5.10 Å². The van der Waals surface area contributed by atoms with Crippen molar-refractivity contribution >= 4 is 23.4 Å². The highest BCUT2D eigenvalue weighted by Crippen LogP contribution is 2.21. The third-order valence-electron chi connectivity index (χ3n) is 4.86. The number of carbonyl (C=O) groups excluding carboxylic acids is 2. The zero-order valence-electron chi connectivity index (χ0n) is 16.0. The van der Waals surface area contributed by atoms with Crippen LogP contribution in [0.1, 0.15) is 36.8 Å². The summed E-state index contributed by atoms with van der Waals surface area (Å²) >= 11 is 6.09. The molecule has 2 heterocycles. The van der Waals surface area contributed by atoms with Crippen LogP contribution in [-0.2, 0) is 11.2 Å². The molecule has 7 heteroatoms. The lowest BCUT2D eigenvalue weighted by Crippen LogP contribution is -2.51. The van der Waals surface area contributed by atoms with E-state index >= 15 is 0 Å². The molecule has 6 nitrogen and oxygen atoms in total. The molecule has 144 valence electrons. The molecule has 0 N–H and O–H groups in total. The summed E-state index contributed by atoms with van der Waals surface area (Å²) in [4.78, 5) is 28.8. The van der Waals surface area contributed by atoms with Crippen LogP contribution in [-0.4, -0.2) is 57.6 Å². The number of hydrogen-bond acceptors (Lipinski definition) is 3. The number of halogens is 1. The van der Waals surface area contributed by atoms with Gasteiger partial charge in [-0.1, -0.05) is 38.4 Å². The van der Waals surface area contributed by atoms with Crippen molar-refractivity contribution in [2.45, 2.75) is 27.2 Å². The summed E-state index contributed by atoms with van der Waals surface area (Å²) in [6.07, 6.45) is 2.31. The lowest BCUT2D eigenvalue weighted by atomic mass is 10.1. The number of amides is 2. The van der Waals surface area contributed by atoms with Crippen LogP contribution in [0.5, 0.6) is 0 Å². The lowest BCUT2D eigenvalue weighted by molar-refractivity contribution is -0.135. The molecule has 2 amide bonds. The molecule has 27 heavy (non-hydrogen) atoms. The number of benzene rings is 1. The minimum absolute atomic E-state index is 0.0186. The maximum atomic E-state index is 13.0. The smallest absolute Gasteiger partial charge is 0.257 e. The Kier molecular flexibility index (Phi) is 5.85. The first kappa shape index (κ1) is 19.4. The van der Waals surface area contributed by atoms with E-state index in [9.17, 15) is 9.59 Å². The first-order chi connectivity index (χ1) is 12.9. The van der Waals surface area contributed by atoms with Gasteiger partial charge >= 0.3 is 0 Å². The van der Waals surface area contributed by atoms with Gasteiger partial charge < -0.3 is 9.80 Å². The highest BCUT2D eigenvalue weighted by molar-refractivity contribution is 6.30. The second kappa shape index (κ2) is 8.13. The summed E-state index contributed by atoms with van der Waals surface area (Å²) in [5, 5.41) is 5.06. The molecular weight excluding hydrogens is 364 g/mol. The Hall–Kier alpha value is -2.34. The molecule has 1 fully saturated rings. The maximum Gasteiger partial charge on any atom is 0.257 e. The van der Waals surface area contributed by atoms with Crippen LogP contribution in [0.25, 0.3) is 5.69 Å². The Morgan fingerprint density at radius 2 is 1.81 bits per heavy atom. The van der Waals surface area contributed by atoms with E-state index in [4.69, 9.17) is 11.6 Å². The van der Waals surface area contributed by atoms with Gasteiger partial charge in [0.15, 0.2) is 0 Å². The van der Waals surface area contributed by atoms with Gasteiger partial charge in [0.1, 0.15) is 0 Å². The second-order valence-corrected chi connectivity index (χ2v) is 7.46. The zero-order valence-corrected chi connectivity index (χ0v) is 16.7. The highest BCUT2D eigenvalue weighted by Gasteiger charge is 2.28. The van der Waals surface area contributed by atoms with Crippen molar-refractivity contribution in [2.75, 3.05) is 26.2 Å². The molecule has 1 aliphatic heterocycles. The van der Waals surface area contributed by atoms with Crippen LogP contribution in [0.2, 0.25) is 5.02 Å². The number of hydrogen-bond donors (Lipinski definition) is 0. The molecule has 0 bridgehead atoms. The van der Waals surface area contributed by atoms with Crippen LogP contribution in [0.4, 0.5) is 0 Å². The predicted molar refractivity (Wildman–Crippen MR) is 105 cm³/mol. The average Bonchev–Trinajstić information content (AvgIpc) is 3.11. The zero-order chi connectivity index (χ0) is 19.6. The highest BCUT2D eigenvalue weighted by atomic mass is 35.5. The Morgan fingerprint density at radius 1 is 1.15 bits per heavy atom. The maximum absolute atomic E-state index is 13.0. The number of aromatic nitrogens is 2. The van der Waals surface area contributed by atoms with Gasteiger partial charge in [-0.05, 0) is 24.6 Å². The molecule has 3 rings (SSSR count). The summed E-state index contributed by atoms with van der Waals surface area (Å²) in [7, 11) is 0. The van der Waals surface area contributed by atoms with E-state index in [0.29, 0.717) is 43.2 Å². The molecule has 0 atom stereocenters. The summed E-state index contributed by atoms with van der Waals surface area (Å²) in [5.74, 6) is 0.0942. The van der Waals surface area contributed by atoms with Gasteiger partial charge in [-0.25, -0.2) is 4.68 Å². The van der Waals surface area contributed by atoms with Crippen molar-refractivity contribution in [3.63, 3.8) is 0 Å². The third-order valence-corrected chi connectivity index (χ3v) is 5.09. The fourth-order valence-corrected chi connectivity index (χ4v) is 3.57. The monoisotopic (exact) mass is 388 g/mol. The number of rotatable bonds is 4. The molecule has 0 aliphatic carbocycles. The van der Waals surface area contributed by atoms with Crippen LogP contribution >= 0.6 is 11.6 Å². The van der Waals surface area contributed by atoms with Crippen molar-refractivity contribution in [1.82, 2.24) is 19.6 Å². The van der Waals surface area contributed by atoms with E-state index in [1.54, 1.807) is 10.9 Å². The Balaban J connectivity index is 1.77. The summed E-state index contributed by atoms with van der Waals surface area (Å²) in [5.41, 5.74) is 2.31. The van der Waals surface area contributed by atoms with Crippen LogP contribution in [0.3, 0.4) is 0 Å². The minimum Gasteiger partial charge on any atom is -0.339 e. The third kappa shape index (κ3) is 4.00. The van der Waals surface area contributed by atoms with Crippen molar-refractivity contribution in [2.24, 2.45) is 5.92 Å². The summed E-state index contributed by atoms with van der Waals surface area (Å²) in [6, 6.07) is 7.43. The Bertz CT molecular complexity index is 838. The molecule has 1 saturated heterocycles. The van der Waals surface area contributed by atoms with E-state index < -0.39 is 0 Å². The lowest BCUT2D eigenvalue weighted by Gasteiger charge is -2.35. The van der Waals surface area contributed by atoms with Crippen LogP contribution < -0.4 is 0 Å². The Labute approximate surface area is 164 Å². The molecular formula is C20H25ClN4O2. The van der Waals surface area contributed by atoms with E-state index in [1.165, 1.54) is 0 Å². The average molecular weight is 389 g/mol. The fraction of sp³-hybridized carbons (Fsp3) is 0.450. The van der Waals surface area contributed by atoms with Gasteiger partial charge in [-0.15, -0.1) is 0 Å². The molecule has 1 aliphatic rings. The minimum atomic E-state index is -0.0308. The molecule has 0 unspecified atom stereocenters. The topological polar surface area (TPSA) is 58.4 Å². The Morgan fingerprint density at radius 3 is 2.41 bits per heavy atom. The first-order valence-electron chi connectivity index (χ1n) is 9.33. The van der Waals surface area contributed by atoms with Crippen LogP contribution in [0, 0.1) is 5.92 Å². The van der Waals surface area contributed by atoms with Crippen molar-refractivity contribution in [1.29, 1.82) is 0 Å². The van der Waals surface area contributed by atoms with Crippen LogP contribution in [0.15, 0.2) is 30.5 Å². The summed E-state index contributed by atoms with van der Waals surface area (Å²) in [6.45, 7) is 8.05. The molecule has 1 aromatic heterocycles. The predicted octanol–water partition coefficient (Wildman–Crippen LogP) is 3.03. The van der Waals surface area contributed by atoms with Crippen molar-refractivity contribution in [3.8, 4) is 5.69 Å². The molecule has 0 spiro atoms.